The van der Waals surface area contributed by atoms with Crippen LogP contribution < -0.4 is 10.9 Å². The Bertz CT molecular complexity index is 1040. The minimum Gasteiger partial charge on any atom is -0.508 e. The Labute approximate surface area is 169 Å². The predicted molar refractivity (Wildman–Crippen MR) is 107 cm³/mol. The molecule has 2 aromatic carbocycles. The minimum absolute atomic E-state index is 0.0101. The van der Waals surface area contributed by atoms with Gasteiger partial charge in [0.15, 0.2) is 9.84 Å². The molecule has 3 fully saturated rings. The zero-order chi connectivity index (χ0) is 20.2. The van der Waals surface area contributed by atoms with Crippen molar-refractivity contribution in [2.24, 2.45) is 5.92 Å². The van der Waals surface area contributed by atoms with E-state index in [9.17, 15) is 18.3 Å². The van der Waals surface area contributed by atoms with E-state index in [0.29, 0.717) is 6.42 Å². The van der Waals surface area contributed by atoms with E-state index in [1.807, 2.05) is 42.5 Å². The van der Waals surface area contributed by atoms with Crippen molar-refractivity contribution in [3.05, 3.63) is 65.7 Å². The van der Waals surface area contributed by atoms with E-state index >= 15 is 0 Å². The quantitative estimate of drug-likeness (QED) is 0.702. The standard InChI is InChI=1S/C21H23N3O4S/c25-16-9-5-4-8-15(16)18-17-19(23-22-18)21(26)24(14-10-11-29(27,28)12-14)20(17)13-6-2-1-3-7-13/h1-9,14,17-20,22-23,25H,10-12H2. The second-order valence-corrected chi connectivity index (χ2v) is 10.3. The summed E-state index contributed by atoms with van der Waals surface area (Å²) in [4.78, 5) is 15.2. The van der Waals surface area contributed by atoms with Crippen LogP contribution in [0.25, 0.3) is 0 Å². The van der Waals surface area contributed by atoms with Crippen LogP contribution in [0.2, 0.25) is 0 Å². The number of amides is 1. The molecule has 7 nitrogen and oxygen atoms in total. The fourth-order valence-electron chi connectivity index (χ4n) is 5.11. The molecule has 3 saturated heterocycles. The molecule has 1 amide bonds. The normalized spacial score (nSPS) is 33.2. The molecule has 0 spiro atoms. The first-order valence-electron chi connectivity index (χ1n) is 9.83. The molecule has 29 heavy (non-hydrogen) atoms. The summed E-state index contributed by atoms with van der Waals surface area (Å²) in [5, 5.41) is 10.4. The van der Waals surface area contributed by atoms with Crippen molar-refractivity contribution in [3.8, 4) is 5.75 Å². The highest BCUT2D eigenvalue weighted by Gasteiger charge is 2.58. The molecule has 5 atom stereocenters. The first-order valence-corrected chi connectivity index (χ1v) is 11.6. The van der Waals surface area contributed by atoms with E-state index in [1.165, 1.54) is 0 Å². The highest BCUT2D eigenvalue weighted by Crippen LogP contribution is 2.50. The van der Waals surface area contributed by atoms with Crippen LogP contribution in [0.4, 0.5) is 0 Å². The predicted octanol–water partition coefficient (Wildman–Crippen LogP) is 1.30. The highest BCUT2D eigenvalue weighted by molar-refractivity contribution is 7.91. The smallest absolute Gasteiger partial charge is 0.242 e. The number of rotatable bonds is 3. The molecule has 0 bridgehead atoms. The molecule has 2 aromatic rings. The third-order valence-corrected chi connectivity index (χ3v) is 8.11. The lowest BCUT2D eigenvalue weighted by Crippen LogP contribution is -2.46. The Hall–Kier alpha value is -2.42. The van der Waals surface area contributed by atoms with Gasteiger partial charge in [0.1, 0.15) is 11.8 Å². The SMILES string of the molecule is O=C1C2NNC(c3ccccc3O)C2C(c2ccccc2)N1C1CCS(=O)(=O)C1. The van der Waals surface area contributed by atoms with Gasteiger partial charge in [0, 0.05) is 17.5 Å². The van der Waals surface area contributed by atoms with E-state index in [-0.39, 0.29) is 47.2 Å². The number of carbonyl (C=O) groups is 1. The van der Waals surface area contributed by atoms with E-state index in [1.54, 1.807) is 17.0 Å². The molecular formula is C21H23N3O4S. The Kier molecular flexibility index (Phi) is 4.38. The number of fused-ring (bicyclic) bond motifs is 1. The van der Waals surface area contributed by atoms with Gasteiger partial charge in [-0.3, -0.25) is 4.79 Å². The maximum Gasteiger partial charge on any atom is 0.242 e. The van der Waals surface area contributed by atoms with Gasteiger partial charge < -0.3 is 10.0 Å². The number of carbonyl (C=O) groups excluding carboxylic acids is 1. The van der Waals surface area contributed by atoms with Crippen molar-refractivity contribution in [3.63, 3.8) is 0 Å². The zero-order valence-corrected chi connectivity index (χ0v) is 16.5. The second kappa shape index (κ2) is 6.83. The summed E-state index contributed by atoms with van der Waals surface area (Å²) in [7, 11) is -3.13. The van der Waals surface area contributed by atoms with E-state index < -0.39 is 15.9 Å². The lowest BCUT2D eigenvalue weighted by Gasteiger charge is -2.34. The zero-order valence-electron chi connectivity index (χ0n) is 15.7. The summed E-state index contributed by atoms with van der Waals surface area (Å²) in [6.45, 7) is 0. The van der Waals surface area contributed by atoms with Crippen LogP contribution in [0, 0.1) is 5.92 Å². The number of nitrogens with one attached hydrogen (secondary N) is 2. The second-order valence-electron chi connectivity index (χ2n) is 8.04. The average molecular weight is 413 g/mol. The van der Waals surface area contributed by atoms with Gasteiger partial charge in [0.05, 0.1) is 23.6 Å². The molecule has 3 aliphatic rings. The summed E-state index contributed by atoms with van der Waals surface area (Å²) in [5.74, 6) is 0.0368. The molecule has 0 aromatic heterocycles. The van der Waals surface area contributed by atoms with Crippen molar-refractivity contribution in [2.45, 2.75) is 30.6 Å². The van der Waals surface area contributed by atoms with Crippen LogP contribution in [-0.2, 0) is 14.6 Å². The topological polar surface area (TPSA) is 98.7 Å². The molecule has 5 rings (SSSR count). The van der Waals surface area contributed by atoms with Crippen LogP contribution in [0.1, 0.15) is 29.6 Å². The number of hydrogen-bond acceptors (Lipinski definition) is 6. The Morgan fingerprint density at radius 2 is 1.66 bits per heavy atom. The number of hydrogen-bond donors (Lipinski definition) is 3. The Morgan fingerprint density at radius 1 is 0.966 bits per heavy atom. The first kappa shape index (κ1) is 18.6. The van der Waals surface area contributed by atoms with E-state index in [0.717, 1.165) is 11.1 Å². The fourth-order valence-corrected chi connectivity index (χ4v) is 6.82. The van der Waals surface area contributed by atoms with Crippen LogP contribution in [0.5, 0.6) is 5.75 Å². The molecule has 0 saturated carbocycles. The fraction of sp³-hybridized carbons (Fsp3) is 0.381. The lowest BCUT2D eigenvalue weighted by molar-refractivity contribution is -0.132. The lowest BCUT2D eigenvalue weighted by atomic mass is 9.83. The van der Waals surface area contributed by atoms with Crippen LogP contribution >= 0.6 is 0 Å². The van der Waals surface area contributed by atoms with E-state index in [2.05, 4.69) is 10.9 Å². The van der Waals surface area contributed by atoms with Crippen LogP contribution in [0.15, 0.2) is 54.6 Å². The van der Waals surface area contributed by atoms with Gasteiger partial charge in [-0.1, -0.05) is 48.5 Å². The summed E-state index contributed by atoms with van der Waals surface area (Å²) >= 11 is 0. The molecule has 3 heterocycles. The summed E-state index contributed by atoms with van der Waals surface area (Å²) in [6, 6.07) is 15.5. The third kappa shape index (κ3) is 3.02. The number of nitrogens with zero attached hydrogens (tertiary/aromatic N) is 1. The van der Waals surface area contributed by atoms with Crippen molar-refractivity contribution >= 4 is 15.7 Å². The molecule has 0 radical (unpaired) electrons. The van der Waals surface area contributed by atoms with Gasteiger partial charge in [0.25, 0.3) is 0 Å². The summed E-state index contributed by atoms with van der Waals surface area (Å²) < 4.78 is 24.3. The van der Waals surface area contributed by atoms with Gasteiger partial charge in [-0.15, -0.1) is 0 Å². The van der Waals surface area contributed by atoms with Gasteiger partial charge in [0.2, 0.25) is 5.91 Å². The number of hydrazine groups is 1. The minimum atomic E-state index is -3.13. The summed E-state index contributed by atoms with van der Waals surface area (Å²) in [6.07, 6.45) is 0.464. The number of aromatic hydroxyl groups is 1. The Balaban J connectivity index is 1.60. The van der Waals surface area contributed by atoms with Crippen molar-refractivity contribution in [1.29, 1.82) is 0 Å². The molecule has 3 N–H and O–H groups in total. The number of likely N-dealkylation sites (tertiary alicyclic amines) is 1. The number of phenolic OH excluding ortho intramolecular Hbond substituents is 1. The van der Waals surface area contributed by atoms with Gasteiger partial charge in [-0.25, -0.2) is 19.3 Å². The molecule has 152 valence electrons. The number of phenols is 1. The molecular weight excluding hydrogens is 390 g/mol. The first-order chi connectivity index (χ1) is 14.0. The molecule has 8 heteroatoms. The highest BCUT2D eigenvalue weighted by atomic mass is 32.2. The number of benzene rings is 2. The third-order valence-electron chi connectivity index (χ3n) is 6.36. The van der Waals surface area contributed by atoms with Crippen molar-refractivity contribution in [1.82, 2.24) is 15.8 Å². The number of sulfone groups is 1. The maximum atomic E-state index is 13.4. The van der Waals surface area contributed by atoms with Crippen LogP contribution in [0.3, 0.4) is 0 Å². The Morgan fingerprint density at radius 3 is 2.34 bits per heavy atom. The monoisotopic (exact) mass is 413 g/mol. The largest absolute Gasteiger partial charge is 0.508 e. The molecule has 0 aliphatic carbocycles. The van der Waals surface area contributed by atoms with Gasteiger partial charge in [-0.05, 0) is 18.1 Å². The summed E-state index contributed by atoms with van der Waals surface area (Å²) in [5.41, 5.74) is 8.01. The van der Waals surface area contributed by atoms with Gasteiger partial charge in [-0.2, -0.15) is 0 Å². The molecule has 3 aliphatic heterocycles. The average Bonchev–Trinajstić information content (AvgIpc) is 3.36. The van der Waals surface area contributed by atoms with Crippen LogP contribution in [-0.4, -0.2) is 47.9 Å². The van der Waals surface area contributed by atoms with Crippen molar-refractivity contribution in [2.75, 3.05) is 11.5 Å². The maximum absolute atomic E-state index is 13.4. The number of para-hydroxylation sites is 1. The van der Waals surface area contributed by atoms with Crippen molar-refractivity contribution < 1.29 is 18.3 Å². The van der Waals surface area contributed by atoms with Gasteiger partial charge >= 0.3 is 0 Å². The van der Waals surface area contributed by atoms with E-state index in [4.69, 9.17) is 0 Å². The molecule has 5 unspecified atom stereocenters.